The summed E-state index contributed by atoms with van der Waals surface area (Å²) >= 11 is 5.97. The van der Waals surface area contributed by atoms with E-state index in [1.165, 1.54) is 19.4 Å². The summed E-state index contributed by atoms with van der Waals surface area (Å²) in [6.07, 6.45) is 3.36. The smallest absolute Gasteiger partial charge is 0.152 e. The molecule has 4 nitrogen and oxygen atoms in total. The molecule has 2 aromatic carbocycles. The zero-order valence-corrected chi connectivity index (χ0v) is 18.2. The Morgan fingerprint density at radius 3 is 2.66 bits per heavy atom. The summed E-state index contributed by atoms with van der Waals surface area (Å²) in [6.45, 7) is 9.61. The van der Waals surface area contributed by atoms with E-state index < -0.39 is 0 Å². The Kier molecular flexibility index (Phi) is 7.45. The summed E-state index contributed by atoms with van der Waals surface area (Å²) < 4.78 is 0. The minimum absolute atomic E-state index is 0.593. The molecule has 1 saturated heterocycles. The van der Waals surface area contributed by atoms with E-state index in [0.717, 1.165) is 42.0 Å². The van der Waals surface area contributed by atoms with Crippen LogP contribution in [0.2, 0.25) is 5.02 Å². The molecular formula is C24H30ClN3O. The largest absolute Gasteiger partial charge is 0.344 e. The molecule has 1 aliphatic rings. The first-order valence-electron chi connectivity index (χ1n) is 10.3. The van der Waals surface area contributed by atoms with Crippen molar-refractivity contribution >= 4 is 29.4 Å². The first-order chi connectivity index (χ1) is 14.0. The molecule has 0 spiro atoms. The van der Waals surface area contributed by atoms with Crippen molar-refractivity contribution in [3.63, 3.8) is 0 Å². The summed E-state index contributed by atoms with van der Waals surface area (Å²) in [5, 5.41) is 4.00. The number of hydrogen-bond donors (Lipinski definition) is 1. The lowest BCUT2D eigenvalue weighted by atomic mass is 9.97. The molecule has 1 N–H and O–H groups in total. The van der Waals surface area contributed by atoms with E-state index >= 15 is 0 Å². The highest BCUT2D eigenvalue weighted by Crippen LogP contribution is 2.26. The molecule has 29 heavy (non-hydrogen) atoms. The second kappa shape index (κ2) is 10.0. The van der Waals surface area contributed by atoms with Crippen LogP contribution in [0.15, 0.2) is 47.5 Å². The van der Waals surface area contributed by atoms with Gasteiger partial charge in [0.05, 0.1) is 5.84 Å². The maximum absolute atomic E-state index is 11.6. The van der Waals surface area contributed by atoms with Crippen LogP contribution in [0, 0.1) is 5.92 Å². The maximum Gasteiger partial charge on any atom is 0.152 e. The SMILES string of the molecule is CC(=NCC1CCCN(C(C)C)C1)Nc1ccc(-c2ccc(Cl)cc2)cc1C=O. The molecule has 0 bridgehead atoms. The summed E-state index contributed by atoms with van der Waals surface area (Å²) in [5.41, 5.74) is 3.42. The summed E-state index contributed by atoms with van der Waals surface area (Å²) in [7, 11) is 0. The molecule has 3 rings (SSSR count). The second-order valence-corrected chi connectivity index (χ2v) is 8.51. The average Bonchev–Trinajstić information content (AvgIpc) is 2.73. The molecule has 5 heteroatoms. The third kappa shape index (κ3) is 5.91. The van der Waals surface area contributed by atoms with E-state index in [-0.39, 0.29) is 0 Å². The van der Waals surface area contributed by atoms with Crippen molar-refractivity contribution in [3.05, 3.63) is 53.1 Å². The number of benzene rings is 2. The summed E-state index contributed by atoms with van der Waals surface area (Å²) in [5.74, 6) is 1.44. The van der Waals surface area contributed by atoms with Crippen molar-refractivity contribution in [1.82, 2.24) is 4.90 Å². The predicted octanol–water partition coefficient (Wildman–Crippen LogP) is 5.77. The van der Waals surface area contributed by atoms with Crippen molar-refractivity contribution in [2.24, 2.45) is 10.9 Å². The van der Waals surface area contributed by atoms with Gasteiger partial charge < -0.3 is 10.2 Å². The van der Waals surface area contributed by atoms with Crippen molar-refractivity contribution in [2.45, 2.75) is 39.7 Å². The number of aliphatic imine (C=N–C) groups is 1. The Balaban J connectivity index is 1.66. The number of nitrogens with one attached hydrogen (secondary N) is 1. The average molecular weight is 412 g/mol. The number of carbonyl (C=O) groups excluding carboxylic acids is 1. The number of rotatable bonds is 6. The van der Waals surface area contributed by atoms with Crippen LogP contribution in [0.3, 0.4) is 0 Å². The fraction of sp³-hybridized carbons (Fsp3) is 0.417. The second-order valence-electron chi connectivity index (χ2n) is 8.07. The molecule has 0 saturated carbocycles. The lowest BCUT2D eigenvalue weighted by Gasteiger charge is -2.34. The highest BCUT2D eigenvalue weighted by Gasteiger charge is 2.21. The molecule has 1 aliphatic heterocycles. The van der Waals surface area contributed by atoms with E-state index in [4.69, 9.17) is 16.6 Å². The van der Waals surface area contributed by atoms with Crippen LogP contribution in [-0.4, -0.2) is 42.7 Å². The Hall–Kier alpha value is -2.17. The molecule has 1 fully saturated rings. The molecule has 1 heterocycles. The van der Waals surface area contributed by atoms with Crippen LogP contribution in [0.4, 0.5) is 5.69 Å². The Bertz CT molecular complexity index is 861. The molecule has 0 aliphatic carbocycles. The first-order valence-corrected chi connectivity index (χ1v) is 10.7. The van der Waals surface area contributed by atoms with Crippen LogP contribution in [0.1, 0.15) is 44.0 Å². The van der Waals surface area contributed by atoms with Crippen molar-refractivity contribution in [1.29, 1.82) is 0 Å². The Morgan fingerprint density at radius 1 is 1.24 bits per heavy atom. The molecule has 154 valence electrons. The monoisotopic (exact) mass is 411 g/mol. The zero-order chi connectivity index (χ0) is 20.8. The van der Waals surface area contributed by atoms with Gasteiger partial charge in [-0.1, -0.05) is 29.8 Å². The van der Waals surface area contributed by atoms with Crippen LogP contribution < -0.4 is 5.32 Å². The fourth-order valence-corrected chi connectivity index (χ4v) is 3.94. The third-order valence-electron chi connectivity index (χ3n) is 5.54. The van der Waals surface area contributed by atoms with Gasteiger partial charge in [-0.25, -0.2) is 0 Å². The topological polar surface area (TPSA) is 44.7 Å². The van der Waals surface area contributed by atoms with Gasteiger partial charge in [0.15, 0.2) is 6.29 Å². The normalized spacial score (nSPS) is 18.1. The predicted molar refractivity (Wildman–Crippen MR) is 123 cm³/mol. The van der Waals surface area contributed by atoms with Crippen molar-refractivity contribution < 1.29 is 4.79 Å². The molecule has 1 atom stereocenters. The number of carbonyl (C=O) groups is 1. The van der Waals surface area contributed by atoms with E-state index in [9.17, 15) is 4.79 Å². The highest BCUT2D eigenvalue weighted by atomic mass is 35.5. The van der Waals surface area contributed by atoms with Crippen LogP contribution in [-0.2, 0) is 0 Å². The minimum atomic E-state index is 0.593. The zero-order valence-electron chi connectivity index (χ0n) is 17.5. The summed E-state index contributed by atoms with van der Waals surface area (Å²) in [4.78, 5) is 18.9. The van der Waals surface area contributed by atoms with E-state index in [0.29, 0.717) is 22.5 Å². The number of aldehydes is 1. The van der Waals surface area contributed by atoms with Gasteiger partial charge in [-0.2, -0.15) is 0 Å². The standard InChI is InChI=1S/C24H30ClN3O/c1-17(2)28-12-4-5-19(15-28)14-26-18(3)27-24-11-8-21(13-22(24)16-29)20-6-9-23(25)10-7-20/h6-11,13,16-17,19H,4-5,12,14-15H2,1-3H3,(H,26,27). The molecule has 0 aromatic heterocycles. The molecule has 2 aromatic rings. The quantitative estimate of drug-likeness (QED) is 0.372. The van der Waals surface area contributed by atoms with Gasteiger partial charge in [-0.15, -0.1) is 0 Å². The first kappa shape index (κ1) is 21.5. The third-order valence-corrected chi connectivity index (χ3v) is 5.79. The number of anilines is 1. The minimum Gasteiger partial charge on any atom is -0.344 e. The number of hydrogen-bond acceptors (Lipinski definition) is 3. The van der Waals surface area contributed by atoms with E-state index in [1.54, 1.807) is 0 Å². The molecular weight excluding hydrogens is 382 g/mol. The number of piperidine rings is 1. The van der Waals surface area contributed by atoms with Gasteiger partial charge in [0.25, 0.3) is 0 Å². The van der Waals surface area contributed by atoms with Gasteiger partial charge in [-0.05, 0) is 81.5 Å². The molecule has 1 unspecified atom stereocenters. The Morgan fingerprint density at radius 2 is 1.97 bits per heavy atom. The van der Waals surface area contributed by atoms with Crippen molar-refractivity contribution in [3.8, 4) is 11.1 Å². The van der Waals surface area contributed by atoms with Crippen molar-refractivity contribution in [2.75, 3.05) is 25.0 Å². The van der Waals surface area contributed by atoms with Gasteiger partial charge in [0.1, 0.15) is 0 Å². The molecule has 0 radical (unpaired) electrons. The van der Waals surface area contributed by atoms with Gasteiger partial charge in [0.2, 0.25) is 0 Å². The lowest BCUT2D eigenvalue weighted by molar-refractivity contribution is 0.112. The number of likely N-dealkylation sites (tertiary alicyclic amines) is 1. The number of halogens is 1. The van der Waals surface area contributed by atoms with E-state index in [1.807, 2.05) is 49.4 Å². The number of nitrogens with zero attached hydrogens (tertiary/aromatic N) is 2. The fourth-order valence-electron chi connectivity index (χ4n) is 3.81. The molecule has 0 amide bonds. The maximum atomic E-state index is 11.6. The van der Waals surface area contributed by atoms with Crippen LogP contribution >= 0.6 is 11.6 Å². The highest BCUT2D eigenvalue weighted by molar-refractivity contribution is 6.30. The van der Waals surface area contributed by atoms with E-state index in [2.05, 4.69) is 24.1 Å². The van der Waals surface area contributed by atoms with Crippen LogP contribution in [0.5, 0.6) is 0 Å². The van der Waals surface area contributed by atoms with Crippen LogP contribution in [0.25, 0.3) is 11.1 Å². The lowest BCUT2D eigenvalue weighted by Crippen LogP contribution is -2.40. The number of amidine groups is 1. The van der Waals surface area contributed by atoms with Gasteiger partial charge in [0, 0.05) is 35.4 Å². The Labute approximate surface area is 179 Å². The van der Waals surface area contributed by atoms with Gasteiger partial charge >= 0.3 is 0 Å². The van der Waals surface area contributed by atoms with Gasteiger partial charge in [-0.3, -0.25) is 9.79 Å². The summed E-state index contributed by atoms with van der Waals surface area (Å²) in [6, 6.07) is 14.1.